The Balaban J connectivity index is 2.16. The normalized spacial score (nSPS) is 11.5. The predicted molar refractivity (Wildman–Crippen MR) is 101 cm³/mol. The van der Waals surface area contributed by atoms with Crippen LogP contribution in [-0.4, -0.2) is 56.8 Å². The molecule has 12 heteroatoms. The summed E-state index contributed by atoms with van der Waals surface area (Å²) < 4.78 is 23.0. The first-order chi connectivity index (χ1) is 12.3. The number of benzene rings is 1. The van der Waals surface area contributed by atoms with E-state index in [1.807, 2.05) is 43.3 Å². The third-order valence-electron chi connectivity index (χ3n) is 3.08. The van der Waals surface area contributed by atoms with E-state index in [0.717, 1.165) is 11.3 Å². The van der Waals surface area contributed by atoms with Gasteiger partial charge in [0.05, 0.1) is 6.21 Å². The van der Waals surface area contributed by atoms with Crippen LogP contribution in [0, 0.1) is 0 Å². The summed E-state index contributed by atoms with van der Waals surface area (Å²) in [6, 6.07) is 7.66. The SMILES string of the molecule is CN(C)c1ccc(C=NNc2nc(NCCN)nc(S(N)(=O)=O)n2)cc1. The Morgan fingerprint density at radius 2 is 1.81 bits per heavy atom. The molecular weight excluding hydrogens is 358 g/mol. The van der Waals surface area contributed by atoms with Crippen LogP contribution in [0.4, 0.5) is 17.6 Å². The summed E-state index contributed by atoms with van der Waals surface area (Å²) in [5, 5.41) is 11.3. The third kappa shape index (κ3) is 5.61. The first-order valence-electron chi connectivity index (χ1n) is 7.59. The number of hydrogen-bond acceptors (Lipinski definition) is 10. The zero-order valence-electron chi connectivity index (χ0n) is 14.4. The second-order valence-corrected chi connectivity index (χ2v) is 6.84. The second kappa shape index (κ2) is 8.51. The Labute approximate surface area is 151 Å². The van der Waals surface area contributed by atoms with Gasteiger partial charge in [0.15, 0.2) is 0 Å². The van der Waals surface area contributed by atoms with Crippen molar-refractivity contribution >= 4 is 33.8 Å². The van der Waals surface area contributed by atoms with E-state index in [-0.39, 0.29) is 11.9 Å². The molecule has 2 rings (SSSR count). The summed E-state index contributed by atoms with van der Waals surface area (Å²) in [6.45, 7) is 0.676. The minimum absolute atomic E-state index is 0.0301. The molecule has 0 saturated heterocycles. The maximum absolute atomic E-state index is 11.5. The van der Waals surface area contributed by atoms with Crippen molar-refractivity contribution < 1.29 is 8.42 Å². The fourth-order valence-electron chi connectivity index (χ4n) is 1.82. The molecule has 140 valence electrons. The van der Waals surface area contributed by atoms with Crippen LogP contribution >= 0.6 is 0 Å². The van der Waals surface area contributed by atoms with Crippen molar-refractivity contribution in [3.05, 3.63) is 29.8 Å². The number of sulfonamides is 1. The van der Waals surface area contributed by atoms with Gasteiger partial charge in [-0.3, -0.25) is 0 Å². The van der Waals surface area contributed by atoms with Crippen LogP contribution < -0.4 is 26.5 Å². The molecule has 6 N–H and O–H groups in total. The van der Waals surface area contributed by atoms with Gasteiger partial charge in [-0.1, -0.05) is 12.1 Å². The molecule has 0 fully saturated rings. The lowest BCUT2D eigenvalue weighted by Gasteiger charge is -2.11. The van der Waals surface area contributed by atoms with E-state index in [1.54, 1.807) is 6.21 Å². The van der Waals surface area contributed by atoms with Crippen LogP contribution in [0.15, 0.2) is 34.5 Å². The van der Waals surface area contributed by atoms with Crippen LogP contribution in [0.1, 0.15) is 5.56 Å². The summed E-state index contributed by atoms with van der Waals surface area (Å²) in [5.74, 6) is -0.0350. The molecule has 0 saturated carbocycles. The van der Waals surface area contributed by atoms with Gasteiger partial charge in [0.1, 0.15) is 0 Å². The van der Waals surface area contributed by atoms with Crippen LogP contribution in [0.25, 0.3) is 0 Å². The first kappa shape index (κ1) is 19.5. The third-order valence-corrected chi connectivity index (χ3v) is 3.78. The maximum Gasteiger partial charge on any atom is 0.274 e. The topological polar surface area (TPSA) is 165 Å². The van der Waals surface area contributed by atoms with Gasteiger partial charge in [-0.25, -0.2) is 19.0 Å². The summed E-state index contributed by atoms with van der Waals surface area (Å²) >= 11 is 0. The van der Waals surface area contributed by atoms with Crippen molar-refractivity contribution in [3.63, 3.8) is 0 Å². The standard InChI is InChI=1S/C14H21N9O2S/c1-23(2)11-5-3-10(4-6-11)9-18-22-13-19-12(17-8-7-15)20-14(21-13)26(16,24)25/h3-6,9H,7-8,15H2,1-2H3,(H2,16,24,25)(H2,17,19,20,21,22). The van der Waals surface area contributed by atoms with Crippen molar-refractivity contribution in [2.45, 2.75) is 5.16 Å². The molecule has 0 aliphatic heterocycles. The van der Waals surface area contributed by atoms with Crippen molar-refractivity contribution in [2.24, 2.45) is 16.0 Å². The Kier molecular flexibility index (Phi) is 6.38. The Bertz CT molecular complexity index is 866. The largest absolute Gasteiger partial charge is 0.378 e. The lowest BCUT2D eigenvalue weighted by molar-refractivity contribution is 0.588. The smallest absolute Gasteiger partial charge is 0.274 e. The van der Waals surface area contributed by atoms with Crippen LogP contribution in [-0.2, 0) is 10.0 Å². The quantitative estimate of drug-likeness (QED) is 0.346. The van der Waals surface area contributed by atoms with Gasteiger partial charge in [-0.05, 0) is 17.7 Å². The van der Waals surface area contributed by atoms with Gasteiger partial charge >= 0.3 is 0 Å². The number of anilines is 3. The van der Waals surface area contributed by atoms with Crippen LogP contribution in [0.2, 0.25) is 0 Å². The van der Waals surface area contributed by atoms with E-state index in [2.05, 4.69) is 30.8 Å². The molecule has 11 nitrogen and oxygen atoms in total. The van der Waals surface area contributed by atoms with Crippen LogP contribution in [0.5, 0.6) is 0 Å². The van der Waals surface area contributed by atoms with E-state index in [0.29, 0.717) is 13.1 Å². The number of hydrazone groups is 1. The highest BCUT2D eigenvalue weighted by Gasteiger charge is 2.15. The summed E-state index contributed by atoms with van der Waals surface area (Å²) in [4.78, 5) is 13.5. The number of primary sulfonamides is 1. The molecule has 0 amide bonds. The lowest BCUT2D eigenvalue weighted by atomic mass is 10.2. The molecular formula is C14H21N9O2S. The van der Waals surface area contributed by atoms with Gasteiger partial charge in [-0.15, -0.1) is 0 Å². The zero-order chi connectivity index (χ0) is 19.2. The van der Waals surface area contributed by atoms with Crippen molar-refractivity contribution in [1.82, 2.24) is 15.0 Å². The minimum Gasteiger partial charge on any atom is -0.378 e. The van der Waals surface area contributed by atoms with E-state index < -0.39 is 15.2 Å². The zero-order valence-corrected chi connectivity index (χ0v) is 15.2. The molecule has 0 aliphatic carbocycles. The first-order valence-corrected chi connectivity index (χ1v) is 9.13. The molecule has 0 spiro atoms. The highest BCUT2D eigenvalue weighted by atomic mass is 32.2. The average Bonchev–Trinajstić information content (AvgIpc) is 2.59. The molecule has 1 aromatic heterocycles. The van der Waals surface area contributed by atoms with Gasteiger partial charge in [0, 0.05) is 32.9 Å². The van der Waals surface area contributed by atoms with E-state index in [1.165, 1.54) is 0 Å². The second-order valence-electron chi connectivity index (χ2n) is 5.38. The Hall–Kier alpha value is -2.83. The van der Waals surface area contributed by atoms with Gasteiger partial charge < -0.3 is 16.0 Å². The highest BCUT2D eigenvalue weighted by Crippen LogP contribution is 2.11. The molecule has 1 aromatic carbocycles. The number of nitrogens with two attached hydrogens (primary N) is 2. The van der Waals surface area contributed by atoms with Crippen molar-refractivity contribution in [3.8, 4) is 0 Å². The predicted octanol–water partition coefficient (Wildman–Crippen LogP) is -0.598. The maximum atomic E-state index is 11.5. The average molecular weight is 379 g/mol. The summed E-state index contributed by atoms with van der Waals surface area (Å²) in [7, 11) is -0.195. The molecule has 26 heavy (non-hydrogen) atoms. The van der Waals surface area contributed by atoms with Crippen LogP contribution in [0.3, 0.4) is 0 Å². The van der Waals surface area contributed by atoms with Crippen molar-refractivity contribution in [1.29, 1.82) is 0 Å². The molecule has 1 heterocycles. The number of nitrogens with zero attached hydrogens (tertiary/aromatic N) is 5. The van der Waals surface area contributed by atoms with E-state index >= 15 is 0 Å². The van der Waals surface area contributed by atoms with E-state index in [4.69, 9.17) is 10.9 Å². The number of rotatable bonds is 8. The van der Waals surface area contributed by atoms with Gasteiger partial charge in [-0.2, -0.15) is 20.1 Å². The fourth-order valence-corrected chi connectivity index (χ4v) is 2.25. The molecule has 2 aromatic rings. The number of aromatic nitrogens is 3. The molecule has 0 radical (unpaired) electrons. The molecule has 0 atom stereocenters. The molecule has 0 bridgehead atoms. The minimum atomic E-state index is -4.09. The van der Waals surface area contributed by atoms with Crippen molar-refractivity contribution in [2.75, 3.05) is 42.8 Å². The number of nitrogens with one attached hydrogen (secondary N) is 2. The molecule has 0 unspecified atom stereocenters. The summed E-state index contributed by atoms with van der Waals surface area (Å²) in [6.07, 6.45) is 1.55. The summed E-state index contributed by atoms with van der Waals surface area (Å²) in [5.41, 5.74) is 9.85. The highest BCUT2D eigenvalue weighted by molar-refractivity contribution is 7.89. The molecule has 0 aliphatic rings. The number of hydrogen-bond donors (Lipinski definition) is 4. The van der Waals surface area contributed by atoms with E-state index in [9.17, 15) is 8.42 Å². The fraction of sp³-hybridized carbons (Fsp3) is 0.286. The van der Waals surface area contributed by atoms with Gasteiger partial charge in [0.2, 0.25) is 11.9 Å². The Morgan fingerprint density at radius 3 is 2.38 bits per heavy atom. The monoisotopic (exact) mass is 379 g/mol. The Morgan fingerprint density at radius 1 is 1.15 bits per heavy atom. The lowest BCUT2D eigenvalue weighted by Crippen LogP contribution is -2.20. The van der Waals surface area contributed by atoms with Gasteiger partial charge in [0.25, 0.3) is 15.2 Å².